The predicted molar refractivity (Wildman–Crippen MR) is 62.0 cm³/mol. The van der Waals surface area contributed by atoms with Crippen LogP contribution in [0.5, 0.6) is 17.2 Å². The summed E-state index contributed by atoms with van der Waals surface area (Å²) in [4.78, 5) is 4.08. The highest BCUT2D eigenvalue weighted by molar-refractivity contribution is 5.42. The van der Waals surface area contributed by atoms with Crippen molar-refractivity contribution in [1.29, 1.82) is 0 Å². The van der Waals surface area contributed by atoms with Crippen molar-refractivity contribution in [1.82, 2.24) is 4.98 Å². The molecule has 4 heteroatoms. The van der Waals surface area contributed by atoms with E-state index in [0.29, 0.717) is 11.5 Å². The van der Waals surface area contributed by atoms with Crippen LogP contribution in [0, 0.1) is 0 Å². The van der Waals surface area contributed by atoms with Gasteiger partial charge < -0.3 is 15.2 Å². The number of benzene rings is 1. The van der Waals surface area contributed by atoms with E-state index in [4.69, 9.17) is 9.84 Å². The van der Waals surface area contributed by atoms with E-state index in [1.54, 1.807) is 49.6 Å². The molecule has 0 saturated carbocycles. The summed E-state index contributed by atoms with van der Waals surface area (Å²) >= 11 is 0. The first-order valence-corrected chi connectivity index (χ1v) is 4.88. The molecule has 0 unspecified atom stereocenters. The molecule has 0 amide bonds. The maximum absolute atomic E-state index is 9.13. The van der Waals surface area contributed by atoms with Crippen molar-refractivity contribution < 1.29 is 9.84 Å². The van der Waals surface area contributed by atoms with Gasteiger partial charge in [-0.2, -0.15) is 0 Å². The molecule has 16 heavy (non-hydrogen) atoms. The van der Waals surface area contributed by atoms with Crippen LogP contribution in [0.1, 0.15) is 0 Å². The Morgan fingerprint density at radius 1 is 1.12 bits per heavy atom. The van der Waals surface area contributed by atoms with Gasteiger partial charge in [-0.25, -0.2) is 4.98 Å². The second-order valence-electron chi connectivity index (χ2n) is 3.22. The van der Waals surface area contributed by atoms with E-state index in [0.717, 1.165) is 5.82 Å². The van der Waals surface area contributed by atoms with Crippen LogP contribution >= 0.6 is 0 Å². The normalized spacial score (nSPS) is 9.81. The van der Waals surface area contributed by atoms with Gasteiger partial charge in [0.25, 0.3) is 0 Å². The monoisotopic (exact) mass is 216 g/mol. The van der Waals surface area contributed by atoms with E-state index in [1.807, 2.05) is 0 Å². The zero-order valence-electron chi connectivity index (χ0n) is 8.84. The highest BCUT2D eigenvalue weighted by Crippen LogP contribution is 2.24. The Kier molecular flexibility index (Phi) is 2.91. The summed E-state index contributed by atoms with van der Waals surface area (Å²) < 4.78 is 5.58. The second kappa shape index (κ2) is 4.53. The first-order valence-electron chi connectivity index (χ1n) is 4.88. The maximum Gasteiger partial charge on any atom is 0.132 e. The van der Waals surface area contributed by atoms with Gasteiger partial charge in [-0.05, 0) is 30.3 Å². The van der Waals surface area contributed by atoms with Crippen molar-refractivity contribution in [2.75, 3.05) is 12.4 Å². The fourth-order valence-corrected chi connectivity index (χ4v) is 1.26. The van der Waals surface area contributed by atoms with Gasteiger partial charge in [0.15, 0.2) is 0 Å². The number of anilines is 1. The molecule has 2 rings (SSSR count). The number of phenols is 1. The van der Waals surface area contributed by atoms with Gasteiger partial charge in [-0.1, -0.05) is 0 Å². The lowest BCUT2D eigenvalue weighted by molar-refractivity contribution is 0.464. The van der Waals surface area contributed by atoms with Gasteiger partial charge in [0.1, 0.15) is 23.1 Å². The minimum Gasteiger partial charge on any atom is -0.508 e. The number of nitrogens with one attached hydrogen (secondary N) is 1. The van der Waals surface area contributed by atoms with E-state index in [2.05, 4.69) is 10.3 Å². The van der Waals surface area contributed by atoms with Crippen molar-refractivity contribution >= 4 is 5.82 Å². The Labute approximate surface area is 93.5 Å². The average Bonchev–Trinajstić information content (AvgIpc) is 2.32. The molecule has 2 aromatic rings. The number of aromatic hydroxyl groups is 1. The highest BCUT2D eigenvalue weighted by atomic mass is 16.5. The summed E-state index contributed by atoms with van der Waals surface area (Å²) in [5.74, 6) is 2.34. The molecule has 1 aromatic carbocycles. The third kappa shape index (κ3) is 2.42. The summed E-state index contributed by atoms with van der Waals surface area (Å²) in [7, 11) is 1.80. The van der Waals surface area contributed by atoms with Crippen molar-refractivity contribution in [3.63, 3.8) is 0 Å². The van der Waals surface area contributed by atoms with Gasteiger partial charge in [-0.15, -0.1) is 0 Å². The van der Waals surface area contributed by atoms with Crippen LogP contribution in [-0.2, 0) is 0 Å². The number of phenolic OH excluding ortho intramolecular Hbond substituents is 1. The highest BCUT2D eigenvalue weighted by Gasteiger charge is 1.98. The predicted octanol–water partition coefficient (Wildman–Crippen LogP) is 2.62. The van der Waals surface area contributed by atoms with Gasteiger partial charge in [0.05, 0.1) is 0 Å². The van der Waals surface area contributed by atoms with Crippen LogP contribution in [0.4, 0.5) is 5.82 Å². The molecule has 0 saturated heterocycles. The van der Waals surface area contributed by atoms with Gasteiger partial charge in [-0.3, -0.25) is 0 Å². The number of hydrogen-bond acceptors (Lipinski definition) is 4. The molecule has 0 bridgehead atoms. The van der Waals surface area contributed by atoms with E-state index in [1.165, 1.54) is 0 Å². The topological polar surface area (TPSA) is 54.4 Å². The van der Waals surface area contributed by atoms with Crippen LogP contribution in [-0.4, -0.2) is 17.1 Å². The molecular weight excluding hydrogens is 204 g/mol. The van der Waals surface area contributed by atoms with Crippen LogP contribution < -0.4 is 10.1 Å². The Morgan fingerprint density at radius 3 is 2.56 bits per heavy atom. The van der Waals surface area contributed by atoms with E-state index >= 15 is 0 Å². The van der Waals surface area contributed by atoms with Gasteiger partial charge >= 0.3 is 0 Å². The van der Waals surface area contributed by atoms with Crippen LogP contribution in [0.25, 0.3) is 0 Å². The SMILES string of the molecule is CNc1cc(Oc2ccc(O)cc2)ccn1. The molecule has 82 valence electrons. The first kappa shape index (κ1) is 10.3. The molecule has 1 aromatic heterocycles. The standard InChI is InChI=1S/C12H12N2O2/c1-13-12-8-11(6-7-14-12)16-10-4-2-9(15)3-5-10/h2-8,15H,1H3,(H,13,14). The zero-order chi connectivity index (χ0) is 11.4. The lowest BCUT2D eigenvalue weighted by Crippen LogP contribution is -1.92. The summed E-state index contributed by atoms with van der Waals surface area (Å²) in [6.45, 7) is 0. The minimum atomic E-state index is 0.220. The molecule has 0 fully saturated rings. The number of rotatable bonds is 3. The van der Waals surface area contributed by atoms with Crippen molar-refractivity contribution in [3.8, 4) is 17.2 Å². The fraction of sp³-hybridized carbons (Fsp3) is 0.0833. The molecule has 0 radical (unpaired) electrons. The quantitative estimate of drug-likeness (QED) is 0.828. The largest absolute Gasteiger partial charge is 0.508 e. The first-order chi connectivity index (χ1) is 7.78. The molecule has 0 aliphatic rings. The molecule has 1 heterocycles. The maximum atomic E-state index is 9.13. The smallest absolute Gasteiger partial charge is 0.132 e. The van der Waals surface area contributed by atoms with E-state index in [-0.39, 0.29) is 5.75 Å². The molecule has 2 N–H and O–H groups in total. The number of aromatic nitrogens is 1. The molecular formula is C12H12N2O2. The van der Waals surface area contributed by atoms with Crippen LogP contribution in [0.3, 0.4) is 0 Å². The second-order valence-corrected chi connectivity index (χ2v) is 3.22. The summed E-state index contributed by atoms with van der Waals surface area (Å²) in [6.07, 6.45) is 1.67. The van der Waals surface area contributed by atoms with Crippen molar-refractivity contribution in [2.45, 2.75) is 0 Å². The van der Waals surface area contributed by atoms with E-state index in [9.17, 15) is 0 Å². The summed E-state index contributed by atoms with van der Waals surface area (Å²) in [6, 6.07) is 10.1. The lowest BCUT2D eigenvalue weighted by Gasteiger charge is -2.06. The van der Waals surface area contributed by atoms with E-state index < -0.39 is 0 Å². The third-order valence-electron chi connectivity index (χ3n) is 2.06. The molecule has 0 aliphatic heterocycles. The Hall–Kier alpha value is -2.23. The van der Waals surface area contributed by atoms with Crippen LogP contribution in [0.15, 0.2) is 42.6 Å². The average molecular weight is 216 g/mol. The fourth-order valence-electron chi connectivity index (χ4n) is 1.26. The summed E-state index contributed by atoms with van der Waals surface area (Å²) in [5.41, 5.74) is 0. The molecule has 0 aliphatic carbocycles. The van der Waals surface area contributed by atoms with Gasteiger partial charge in [0, 0.05) is 19.3 Å². The molecule has 0 spiro atoms. The summed E-state index contributed by atoms with van der Waals surface area (Å²) in [5, 5.41) is 12.1. The third-order valence-corrected chi connectivity index (χ3v) is 2.06. The Morgan fingerprint density at radius 2 is 1.88 bits per heavy atom. The molecule has 0 atom stereocenters. The molecule has 4 nitrogen and oxygen atoms in total. The minimum absolute atomic E-state index is 0.220. The van der Waals surface area contributed by atoms with Crippen molar-refractivity contribution in [2.24, 2.45) is 0 Å². The number of nitrogens with zero attached hydrogens (tertiary/aromatic N) is 1. The Balaban J connectivity index is 2.16. The van der Waals surface area contributed by atoms with Crippen LogP contribution in [0.2, 0.25) is 0 Å². The zero-order valence-corrected chi connectivity index (χ0v) is 8.84. The van der Waals surface area contributed by atoms with Gasteiger partial charge in [0.2, 0.25) is 0 Å². The Bertz CT molecular complexity index is 469. The lowest BCUT2D eigenvalue weighted by atomic mass is 10.3. The number of ether oxygens (including phenoxy) is 1. The number of pyridine rings is 1. The van der Waals surface area contributed by atoms with Crippen molar-refractivity contribution in [3.05, 3.63) is 42.6 Å². The number of hydrogen-bond donors (Lipinski definition) is 2.